The standard InChI is InChI=1S/C10H12O4S.Na/c11-10(15(12,13)14)7-3-5-8-4-1-2-6-9(8)10;/h1-2,4,6,11H,3,5,7H2,(H,12,13,14);/q;+1/p-1. The van der Waals surface area contributed by atoms with Crippen LogP contribution in [0.3, 0.4) is 0 Å². The summed E-state index contributed by atoms with van der Waals surface area (Å²) in [6.07, 6.45) is 1.19. The minimum absolute atomic E-state index is 0. The predicted molar refractivity (Wildman–Crippen MR) is 53.0 cm³/mol. The van der Waals surface area contributed by atoms with Gasteiger partial charge in [0.15, 0.2) is 4.93 Å². The molecule has 1 aliphatic rings. The normalized spacial score (nSPS) is 24.4. The molecule has 0 aromatic heterocycles. The topological polar surface area (TPSA) is 77.4 Å². The van der Waals surface area contributed by atoms with Crippen molar-refractivity contribution >= 4 is 10.1 Å². The van der Waals surface area contributed by atoms with Crippen LogP contribution in [0.15, 0.2) is 24.3 Å². The summed E-state index contributed by atoms with van der Waals surface area (Å²) in [4.78, 5) is -2.23. The van der Waals surface area contributed by atoms with Crippen LogP contribution in [0.5, 0.6) is 0 Å². The van der Waals surface area contributed by atoms with Gasteiger partial charge >= 0.3 is 29.6 Å². The van der Waals surface area contributed by atoms with Gasteiger partial charge in [-0.15, -0.1) is 0 Å². The van der Waals surface area contributed by atoms with Crippen LogP contribution < -0.4 is 29.6 Å². The molecule has 0 heterocycles. The van der Waals surface area contributed by atoms with E-state index >= 15 is 0 Å². The Morgan fingerprint density at radius 2 is 1.94 bits per heavy atom. The van der Waals surface area contributed by atoms with Gasteiger partial charge in [0.1, 0.15) is 10.1 Å². The zero-order chi connectivity index (χ0) is 11.1. The molecule has 2 rings (SSSR count). The van der Waals surface area contributed by atoms with Gasteiger partial charge in [-0.1, -0.05) is 24.3 Å². The third kappa shape index (κ3) is 2.20. The van der Waals surface area contributed by atoms with Crippen LogP contribution in [-0.4, -0.2) is 18.1 Å². The molecule has 0 spiro atoms. The van der Waals surface area contributed by atoms with Gasteiger partial charge in [0, 0.05) is 5.56 Å². The first kappa shape index (κ1) is 14.2. The molecule has 6 heteroatoms. The molecule has 16 heavy (non-hydrogen) atoms. The molecule has 0 bridgehead atoms. The third-order valence-corrected chi connectivity index (χ3v) is 4.06. The minimum Gasteiger partial charge on any atom is -0.745 e. The van der Waals surface area contributed by atoms with E-state index in [4.69, 9.17) is 0 Å². The molecule has 1 aromatic carbocycles. The van der Waals surface area contributed by atoms with Crippen molar-refractivity contribution in [1.29, 1.82) is 0 Å². The Morgan fingerprint density at radius 3 is 2.56 bits per heavy atom. The van der Waals surface area contributed by atoms with Gasteiger partial charge in [0.25, 0.3) is 0 Å². The Labute approximate surface area is 117 Å². The second-order valence-electron chi connectivity index (χ2n) is 3.75. The second-order valence-corrected chi connectivity index (χ2v) is 5.33. The maximum absolute atomic E-state index is 11.1. The van der Waals surface area contributed by atoms with E-state index in [0.717, 1.165) is 5.56 Å². The number of aliphatic hydroxyl groups is 1. The number of benzene rings is 1. The molecular weight excluding hydrogens is 239 g/mol. The number of hydrogen-bond acceptors (Lipinski definition) is 4. The van der Waals surface area contributed by atoms with E-state index in [1.54, 1.807) is 18.2 Å². The zero-order valence-corrected chi connectivity index (χ0v) is 11.8. The van der Waals surface area contributed by atoms with Crippen LogP contribution >= 0.6 is 0 Å². The van der Waals surface area contributed by atoms with Crippen molar-refractivity contribution in [2.24, 2.45) is 0 Å². The van der Waals surface area contributed by atoms with E-state index in [9.17, 15) is 18.1 Å². The van der Waals surface area contributed by atoms with E-state index in [2.05, 4.69) is 0 Å². The number of hydrogen-bond donors (Lipinski definition) is 1. The second kappa shape index (κ2) is 4.76. The first-order valence-corrected chi connectivity index (χ1v) is 6.12. The van der Waals surface area contributed by atoms with Gasteiger partial charge < -0.3 is 9.66 Å². The van der Waals surface area contributed by atoms with Crippen molar-refractivity contribution in [3.05, 3.63) is 35.4 Å². The fraction of sp³-hybridized carbons (Fsp3) is 0.400. The van der Waals surface area contributed by atoms with Crippen LogP contribution in [0.4, 0.5) is 0 Å². The molecule has 0 aliphatic heterocycles. The smallest absolute Gasteiger partial charge is 0.745 e. The predicted octanol–water partition coefficient (Wildman–Crippen LogP) is -2.28. The van der Waals surface area contributed by atoms with Crippen molar-refractivity contribution in [2.75, 3.05) is 0 Å². The molecule has 0 saturated carbocycles. The maximum atomic E-state index is 11.1. The molecule has 82 valence electrons. The summed E-state index contributed by atoms with van der Waals surface area (Å²) in [7, 11) is -4.73. The van der Waals surface area contributed by atoms with Gasteiger partial charge in [-0.25, -0.2) is 8.42 Å². The maximum Gasteiger partial charge on any atom is 1.00 e. The molecule has 0 saturated heterocycles. The Bertz CT molecular complexity index is 485. The van der Waals surface area contributed by atoms with E-state index in [1.165, 1.54) is 6.07 Å². The first-order chi connectivity index (χ1) is 6.95. The summed E-state index contributed by atoms with van der Waals surface area (Å²) in [5.74, 6) is 0. The van der Waals surface area contributed by atoms with Gasteiger partial charge in [0.2, 0.25) is 0 Å². The molecule has 1 aromatic rings. The Hall–Kier alpha value is 0.0900. The van der Waals surface area contributed by atoms with Crippen LogP contribution in [0.2, 0.25) is 0 Å². The molecule has 1 unspecified atom stereocenters. The van der Waals surface area contributed by atoms with Gasteiger partial charge in [-0.3, -0.25) is 0 Å². The average molecular weight is 250 g/mol. The summed E-state index contributed by atoms with van der Waals surface area (Å²) >= 11 is 0. The summed E-state index contributed by atoms with van der Waals surface area (Å²) in [6.45, 7) is 0. The van der Waals surface area contributed by atoms with Crippen molar-refractivity contribution in [1.82, 2.24) is 0 Å². The quantitative estimate of drug-likeness (QED) is 0.450. The van der Waals surface area contributed by atoms with Crippen molar-refractivity contribution < 1.29 is 47.6 Å². The monoisotopic (exact) mass is 250 g/mol. The molecular formula is C10H11NaO4S. The van der Waals surface area contributed by atoms with E-state index in [1.807, 2.05) is 0 Å². The summed E-state index contributed by atoms with van der Waals surface area (Å²) in [5.41, 5.74) is 0.983. The van der Waals surface area contributed by atoms with Gasteiger partial charge in [0.05, 0.1) is 0 Å². The van der Waals surface area contributed by atoms with Crippen LogP contribution in [0, 0.1) is 0 Å². The number of aryl methyl sites for hydroxylation is 1. The molecule has 1 aliphatic carbocycles. The van der Waals surface area contributed by atoms with Crippen LogP contribution in [0.1, 0.15) is 24.0 Å². The summed E-state index contributed by atoms with van der Waals surface area (Å²) in [6, 6.07) is 6.64. The SMILES string of the molecule is O=S(=O)([O-])C1(O)CCCc2ccccc21.[Na+]. The molecule has 1 N–H and O–H groups in total. The van der Waals surface area contributed by atoms with Gasteiger partial charge in [-0.05, 0) is 24.8 Å². The van der Waals surface area contributed by atoms with E-state index < -0.39 is 15.1 Å². The van der Waals surface area contributed by atoms with Gasteiger partial charge in [-0.2, -0.15) is 0 Å². The third-order valence-electron chi connectivity index (χ3n) is 2.81. The molecule has 0 amide bonds. The Balaban J connectivity index is 0.00000128. The Morgan fingerprint density at radius 1 is 1.31 bits per heavy atom. The minimum atomic E-state index is -4.73. The fourth-order valence-electron chi connectivity index (χ4n) is 2.03. The molecule has 0 radical (unpaired) electrons. The average Bonchev–Trinajstić information content (AvgIpc) is 2.17. The molecule has 0 fully saturated rings. The number of fused-ring (bicyclic) bond motifs is 1. The first-order valence-electron chi connectivity index (χ1n) is 4.71. The fourth-order valence-corrected chi connectivity index (χ4v) is 2.90. The summed E-state index contributed by atoms with van der Waals surface area (Å²) < 4.78 is 33.2. The van der Waals surface area contributed by atoms with Crippen molar-refractivity contribution in [3.8, 4) is 0 Å². The largest absolute Gasteiger partial charge is 1.00 e. The number of rotatable bonds is 1. The van der Waals surface area contributed by atoms with Crippen LogP contribution in [0.25, 0.3) is 0 Å². The van der Waals surface area contributed by atoms with Crippen molar-refractivity contribution in [2.45, 2.75) is 24.2 Å². The molecule has 4 nitrogen and oxygen atoms in total. The van der Waals surface area contributed by atoms with Crippen LogP contribution in [-0.2, 0) is 21.5 Å². The van der Waals surface area contributed by atoms with E-state index in [0.29, 0.717) is 12.8 Å². The Kier molecular flexibility index (Phi) is 4.21. The molecule has 1 atom stereocenters. The van der Waals surface area contributed by atoms with Crippen molar-refractivity contribution in [3.63, 3.8) is 0 Å². The summed E-state index contributed by atoms with van der Waals surface area (Å²) in [5, 5.41) is 9.96. The zero-order valence-electron chi connectivity index (χ0n) is 9.01. The van der Waals surface area contributed by atoms with E-state index in [-0.39, 0.29) is 41.5 Å².